The van der Waals surface area contributed by atoms with Crippen LogP contribution < -0.4 is 5.32 Å². The number of aliphatic hydroxyl groups is 1. The van der Waals surface area contributed by atoms with Crippen molar-refractivity contribution in [2.24, 2.45) is 0 Å². The molecule has 0 heterocycles. The minimum absolute atomic E-state index is 0.252. The van der Waals surface area contributed by atoms with Gasteiger partial charge in [0.15, 0.2) is 0 Å². The van der Waals surface area contributed by atoms with Gasteiger partial charge in [-0.3, -0.25) is 0 Å². The number of hydrogen-bond donors (Lipinski definition) is 2. The van der Waals surface area contributed by atoms with E-state index in [-0.39, 0.29) is 6.10 Å². The first-order valence-corrected chi connectivity index (χ1v) is 5.30. The van der Waals surface area contributed by atoms with Gasteiger partial charge in [-0.05, 0) is 24.8 Å². The van der Waals surface area contributed by atoms with Gasteiger partial charge in [0.2, 0.25) is 0 Å². The molecule has 0 aliphatic heterocycles. The average Bonchev–Trinajstić information content (AvgIpc) is 3.00. The van der Waals surface area contributed by atoms with Crippen LogP contribution in [0.15, 0.2) is 30.3 Å². The Morgan fingerprint density at radius 2 is 2.00 bits per heavy atom. The second-order valence-corrected chi connectivity index (χ2v) is 4.03. The van der Waals surface area contributed by atoms with Crippen molar-refractivity contribution in [3.8, 4) is 0 Å². The van der Waals surface area contributed by atoms with Crippen LogP contribution in [0.3, 0.4) is 0 Å². The summed E-state index contributed by atoms with van der Waals surface area (Å²) in [6.45, 7) is 0.722. The van der Waals surface area contributed by atoms with Gasteiger partial charge in [-0.15, -0.1) is 0 Å². The van der Waals surface area contributed by atoms with Crippen LogP contribution in [0.25, 0.3) is 0 Å². The molecular formula is C12H17NO. The molecule has 0 aromatic heterocycles. The topological polar surface area (TPSA) is 32.3 Å². The third kappa shape index (κ3) is 3.13. The molecule has 1 saturated carbocycles. The zero-order valence-corrected chi connectivity index (χ0v) is 8.32. The monoisotopic (exact) mass is 191 g/mol. The van der Waals surface area contributed by atoms with E-state index in [0.717, 1.165) is 13.0 Å². The lowest BCUT2D eigenvalue weighted by atomic mass is 10.1. The van der Waals surface area contributed by atoms with Crippen LogP contribution in [0.1, 0.15) is 18.4 Å². The van der Waals surface area contributed by atoms with E-state index in [1.807, 2.05) is 18.2 Å². The predicted octanol–water partition coefficient (Wildman–Crippen LogP) is 1.34. The van der Waals surface area contributed by atoms with E-state index >= 15 is 0 Å². The molecule has 1 atom stereocenters. The van der Waals surface area contributed by atoms with Crippen LogP contribution in [-0.2, 0) is 6.42 Å². The van der Waals surface area contributed by atoms with Crippen molar-refractivity contribution in [3.63, 3.8) is 0 Å². The van der Waals surface area contributed by atoms with Gasteiger partial charge in [-0.2, -0.15) is 0 Å². The molecule has 2 rings (SSSR count). The minimum atomic E-state index is -0.252. The van der Waals surface area contributed by atoms with Crippen LogP contribution in [0.4, 0.5) is 0 Å². The fourth-order valence-electron chi connectivity index (χ4n) is 1.55. The third-order valence-corrected chi connectivity index (χ3v) is 2.53. The van der Waals surface area contributed by atoms with Crippen LogP contribution in [0.2, 0.25) is 0 Å². The fraction of sp³-hybridized carbons (Fsp3) is 0.500. The van der Waals surface area contributed by atoms with E-state index in [1.165, 1.54) is 18.4 Å². The summed E-state index contributed by atoms with van der Waals surface area (Å²) < 4.78 is 0. The second-order valence-electron chi connectivity index (χ2n) is 4.03. The van der Waals surface area contributed by atoms with Gasteiger partial charge in [0, 0.05) is 12.6 Å². The van der Waals surface area contributed by atoms with E-state index in [1.54, 1.807) is 0 Å². The van der Waals surface area contributed by atoms with Crippen molar-refractivity contribution in [1.82, 2.24) is 5.32 Å². The van der Waals surface area contributed by atoms with Gasteiger partial charge < -0.3 is 10.4 Å². The Morgan fingerprint density at radius 3 is 2.64 bits per heavy atom. The Morgan fingerprint density at radius 1 is 1.29 bits per heavy atom. The maximum atomic E-state index is 9.72. The van der Waals surface area contributed by atoms with Gasteiger partial charge in [-0.25, -0.2) is 0 Å². The molecule has 2 heteroatoms. The van der Waals surface area contributed by atoms with E-state index in [2.05, 4.69) is 17.4 Å². The summed E-state index contributed by atoms with van der Waals surface area (Å²) in [7, 11) is 0. The molecule has 2 nitrogen and oxygen atoms in total. The molecule has 1 unspecified atom stereocenters. The molecule has 14 heavy (non-hydrogen) atoms. The summed E-state index contributed by atoms with van der Waals surface area (Å²) >= 11 is 0. The molecular weight excluding hydrogens is 174 g/mol. The van der Waals surface area contributed by atoms with E-state index in [9.17, 15) is 5.11 Å². The van der Waals surface area contributed by atoms with Crippen molar-refractivity contribution < 1.29 is 5.11 Å². The van der Waals surface area contributed by atoms with Crippen LogP contribution in [-0.4, -0.2) is 23.8 Å². The van der Waals surface area contributed by atoms with Crippen LogP contribution in [0.5, 0.6) is 0 Å². The number of nitrogens with one attached hydrogen (secondary N) is 1. The Balaban J connectivity index is 1.73. The Kier molecular flexibility index (Phi) is 3.17. The predicted molar refractivity (Wildman–Crippen MR) is 57.2 cm³/mol. The van der Waals surface area contributed by atoms with Gasteiger partial charge >= 0.3 is 0 Å². The first-order chi connectivity index (χ1) is 6.84. The SMILES string of the molecule is OC(CNC1CC1)Cc1ccccc1. The third-order valence-electron chi connectivity index (χ3n) is 2.53. The highest BCUT2D eigenvalue weighted by atomic mass is 16.3. The van der Waals surface area contributed by atoms with Crippen molar-refractivity contribution in [1.29, 1.82) is 0 Å². The van der Waals surface area contributed by atoms with E-state index in [4.69, 9.17) is 0 Å². The Labute approximate surface area is 85.0 Å². The van der Waals surface area contributed by atoms with Crippen molar-refractivity contribution in [3.05, 3.63) is 35.9 Å². The summed E-state index contributed by atoms with van der Waals surface area (Å²) in [6, 6.07) is 10.8. The molecule has 1 aliphatic carbocycles. The standard InChI is InChI=1S/C12H17NO/c14-12(9-13-11-6-7-11)8-10-4-2-1-3-5-10/h1-5,11-14H,6-9H2. The number of aliphatic hydroxyl groups excluding tert-OH is 1. The molecule has 0 amide bonds. The second kappa shape index (κ2) is 4.58. The smallest absolute Gasteiger partial charge is 0.0704 e. The lowest BCUT2D eigenvalue weighted by Gasteiger charge is -2.11. The Bertz CT molecular complexity index is 269. The maximum absolute atomic E-state index is 9.72. The highest BCUT2D eigenvalue weighted by molar-refractivity contribution is 5.15. The summed E-state index contributed by atoms with van der Waals surface area (Å²) in [5.41, 5.74) is 1.21. The lowest BCUT2D eigenvalue weighted by Crippen LogP contribution is -2.29. The van der Waals surface area contributed by atoms with Crippen molar-refractivity contribution >= 4 is 0 Å². The highest BCUT2D eigenvalue weighted by Crippen LogP contribution is 2.18. The largest absolute Gasteiger partial charge is 0.391 e. The first kappa shape index (κ1) is 9.69. The maximum Gasteiger partial charge on any atom is 0.0704 e. The summed E-state index contributed by atoms with van der Waals surface area (Å²) in [5, 5.41) is 13.0. The molecule has 0 saturated heterocycles. The number of benzene rings is 1. The molecule has 2 N–H and O–H groups in total. The number of hydrogen-bond acceptors (Lipinski definition) is 2. The van der Waals surface area contributed by atoms with Gasteiger partial charge in [0.05, 0.1) is 6.10 Å². The quantitative estimate of drug-likeness (QED) is 0.736. The molecule has 0 spiro atoms. The fourth-order valence-corrected chi connectivity index (χ4v) is 1.55. The molecule has 1 fully saturated rings. The van der Waals surface area contributed by atoms with Gasteiger partial charge in [0.25, 0.3) is 0 Å². The molecule has 1 aromatic rings. The summed E-state index contributed by atoms with van der Waals surface area (Å²) in [4.78, 5) is 0. The zero-order chi connectivity index (χ0) is 9.80. The first-order valence-electron chi connectivity index (χ1n) is 5.30. The van der Waals surface area contributed by atoms with Crippen molar-refractivity contribution in [2.75, 3.05) is 6.54 Å². The normalized spacial score (nSPS) is 18.1. The van der Waals surface area contributed by atoms with Crippen LogP contribution in [0, 0.1) is 0 Å². The highest BCUT2D eigenvalue weighted by Gasteiger charge is 2.21. The number of rotatable bonds is 5. The molecule has 0 radical (unpaired) electrons. The Hall–Kier alpha value is -0.860. The summed E-state index contributed by atoms with van der Waals surface area (Å²) in [6.07, 6.45) is 3.05. The molecule has 0 bridgehead atoms. The molecule has 1 aromatic carbocycles. The average molecular weight is 191 g/mol. The lowest BCUT2D eigenvalue weighted by molar-refractivity contribution is 0.171. The van der Waals surface area contributed by atoms with Gasteiger partial charge in [-0.1, -0.05) is 30.3 Å². The molecule has 76 valence electrons. The van der Waals surface area contributed by atoms with E-state index in [0.29, 0.717) is 6.04 Å². The summed E-state index contributed by atoms with van der Waals surface area (Å²) in [5.74, 6) is 0. The zero-order valence-electron chi connectivity index (χ0n) is 8.32. The molecule has 1 aliphatic rings. The minimum Gasteiger partial charge on any atom is -0.391 e. The van der Waals surface area contributed by atoms with Crippen molar-refractivity contribution in [2.45, 2.75) is 31.4 Å². The van der Waals surface area contributed by atoms with E-state index < -0.39 is 0 Å². The van der Waals surface area contributed by atoms with Gasteiger partial charge in [0.1, 0.15) is 0 Å². The van der Waals surface area contributed by atoms with Crippen LogP contribution >= 0.6 is 0 Å².